The van der Waals surface area contributed by atoms with Crippen molar-refractivity contribution < 1.29 is 9.53 Å². The molecule has 1 saturated heterocycles. The van der Waals surface area contributed by atoms with Gasteiger partial charge in [-0.2, -0.15) is 5.10 Å². The van der Waals surface area contributed by atoms with E-state index in [1.54, 1.807) is 23.2 Å². The number of carbonyl (C=O) groups excluding carboxylic acids is 1. The molecule has 1 atom stereocenters. The lowest BCUT2D eigenvalue weighted by Gasteiger charge is -2.32. The highest BCUT2D eigenvalue weighted by Crippen LogP contribution is 2.16. The average Bonchev–Trinajstić information content (AvgIpc) is 2.62. The molecule has 1 N–H and O–H groups in total. The summed E-state index contributed by atoms with van der Waals surface area (Å²) in [6, 6.07) is 4.74. The van der Waals surface area contributed by atoms with Crippen molar-refractivity contribution in [3.63, 3.8) is 0 Å². The van der Waals surface area contributed by atoms with E-state index in [4.69, 9.17) is 4.74 Å². The number of H-pyrrole nitrogens is 1. The predicted molar refractivity (Wildman–Crippen MR) is 88.2 cm³/mol. The van der Waals surface area contributed by atoms with Crippen LogP contribution in [0.25, 0.3) is 0 Å². The molecule has 0 aromatic carbocycles. The topological polar surface area (TPSA) is 110 Å². The van der Waals surface area contributed by atoms with Crippen LogP contribution in [0.1, 0.15) is 19.3 Å². The molecule has 0 spiro atoms. The van der Waals surface area contributed by atoms with E-state index >= 15 is 0 Å². The Kier molecular flexibility index (Phi) is 5.22. The van der Waals surface area contributed by atoms with E-state index < -0.39 is 11.2 Å². The van der Waals surface area contributed by atoms with Crippen LogP contribution in [0.15, 0.2) is 40.2 Å². The normalized spacial score (nSPS) is 17.3. The van der Waals surface area contributed by atoms with Crippen molar-refractivity contribution in [2.45, 2.75) is 31.9 Å². The van der Waals surface area contributed by atoms with Gasteiger partial charge in [0.15, 0.2) is 0 Å². The molecule has 25 heavy (non-hydrogen) atoms. The zero-order valence-corrected chi connectivity index (χ0v) is 13.6. The minimum absolute atomic E-state index is 0.0504. The van der Waals surface area contributed by atoms with Crippen molar-refractivity contribution in [3.8, 4) is 5.88 Å². The van der Waals surface area contributed by atoms with Crippen molar-refractivity contribution in [2.24, 2.45) is 0 Å². The van der Waals surface area contributed by atoms with Crippen LogP contribution in [0.4, 0.5) is 0 Å². The number of amides is 1. The average molecular weight is 345 g/mol. The standard InChI is InChI=1S/C16H19N5O4/c22-13-5-9-20(16(24)18-13)10-6-15(23)21-8-2-3-12(11-21)25-14-4-1-7-17-19-14/h1,4-5,7,9,12H,2-3,6,8,10-11H2,(H,18,22,24)/t12-/m0/s1. The number of carbonyl (C=O) groups is 1. The molecule has 1 fully saturated rings. The second-order valence-electron chi connectivity index (χ2n) is 5.84. The Bertz CT molecular complexity index is 832. The Morgan fingerprint density at radius 1 is 1.36 bits per heavy atom. The van der Waals surface area contributed by atoms with Gasteiger partial charge in [0.2, 0.25) is 11.8 Å². The Hall–Kier alpha value is -2.97. The first kappa shape index (κ1) is 16.9. The Balaban J connectivity index is 1.54. The summed E-state index contributed by atoms with van der Waals surface area (Å²) in [7, 11) is 0. The van der Waals surface area contributed by atoms with Crippen molar-refractivity contribution in [1.82, 2.24) is 24.6 Å². The van der Waals surface area contributed by atoms with Crippen LogP contribution in [-0.4, -0.2) is 49.7 Å². The monoisotopic (exact) mass is 345 g/mol. The Morgan fingerprint density at radius 3 is 3.00 bits per heavy atom. The van der Waals surface area contributed by atoms with Crippen LogP contribution < -0.4 is 16.0 Å². The number of likely N-dealkylation sites (tertiary alicyclic amines) is 1. The van der Waals surface area contributed by atoms with Gasteiger partial charge in [-0.1, -0.05) is 0 Å². The second kappa shape index (κ2) is 7.73. The number of aromatic nitrogens is 4. The molecular formula is C16H19N5O4. The number of nitrogens with one attached hydrogen (secondary N) is 1. The number of ether oxygens (including phenoxy) is 1. The summed E-state index contributed by atoms with van der Waals surface area (Å²) in [6.07, 6.45) is 4.72. The largest absolute Gasteiger partial charge is 0.471 e. The lowest BCUT2D eigenvalue weighted by atomic mass is 10.1. The van der Waals surface area contributed by atoms with Gasteiger partial charge < -0.3 is 14.2 Å². The van der Waals surface area contributed by atoms with E-state index in [1.165, 1.54) is 16.8 Å². The van der Waals surface area contributed by atoms with E-state index in [2.05, 4.69) is 15.2 Å². The van der Waals surface area contributed by atoms with Gasteiger partial charge in [0.1, 0.15) is 6.10 Å². The molecule has 1 aliphatic rings. The third-order valence-corrected chi connectivity index (χ3v) is 4.03. The van der Waals surface area contributed by atoms with Gasteiger partial charge in [-0.25, -0.2) is 4.79 Å². The summed E-state index contributed by atoms with van der Waals surface area (Å²) in [4.78, 5) is 39.0. The van der Waals surface area contributed by atoms with Crippen LogP contribution in [0.2, 0.25) is 0 Å². The maximum Gasteiger partial charge on any atom is 0.328 e. The Labute approximate surface area is 143 Å². The zero-order valence-electron chi connectivity index (χ0n) is 13.6. The molecule has 132 valence electrons. The summed E-state index contributed by atoms with van der Waals surface area (Å²) in [5.74, 6) is 0.395. The molecule has 0 bridgehead atoms. The highest BCUT2D eigenvalue weighted by Gasteiger charge is 2.25. The van der Waals surface area contributed by atoms with Crippen molar-refractivity contribution in [2.75, 3.05) is 13.1 Å². The molecule has 0 aliphatic carbocycles. The first-order valence-electron chi connectivity index (χ1n) is 8.14. The van der Waals surface area contributed by atoms with E-state index in [1.807, 2.05) is 0 Å². The number of rotatable bonds is 5. The molecule has 0 unspecified atom stereocenters. The number of aromatic amines is 1. The Morgan fingerprint density at radius 2 is 2.24 bits per heavy atom. The van der Waals surface area contributed by atoms with Gasteiger partial charge >= 0.3 is 5.69 Å². The molecule has 2 aromatic heterocycles. The summed E-state index contributed by atoms with van der Waals surface area (Å²) in [6.45, 7) is 1.37. The second-order valence-corrected chi connectivity index (χ2v) is 5.84. The van der Waals surface area contributed by atoms with Crippen LogP contribution in [0, 0.1) is 0 Å². The molecular weight excluding hydrogens is 326 g/mol. The molecule has 1 aliphatic heterocycles. The van der Waals surface area contributed by atoms with Crippen molar-refractivity contribution in [1.29, 1.82) is 0 Å². The minimum Gasteiger partial charge on any atom is -0.471 e. The lowest BCUT2D eigenvalue weighted by molar-refractivity contribution is -0.134. The van der Waals surface area contributed by atoms with Gasteiger partial charge in [0, 0.05) is 44.0 Å². The van der Waals surface area contributed by atoms with Crippen molar-refractivity contribution >= 4 is 5.91 Å². The van der Waals surface area contributed by atoms with Crippen LogP contribution >= 0.6 is 0 Å². The molecule has 2 aromatic rings. The molecule has 0 saturated carbocycles. The predicted octanol–water partition coefficient (Wildman–Crippen LogP) is -0.213. The molecule has 9 nitrogen and oxygen atoms in total. The maximum atomic E-state index is 12.4. The van der Waals surface area contributed by atoms with E-state index in [0.29, 0.717) is 19.0 Å². The maximum absolute atomic E-state index is 12.4. The minimum atomic E-state index is -0.511. The summed E-state index contributed by atoms with van der Waals surface area (Å²) in [5.41, 5.74) is -0.963. The molecule has 1 amide bonds. The zero-order chi connectivity index (χ0) is 17.6. The molecule has 9 heteroatoms. The number of hydrogen-bond acceptors (Lipinski definition) is 6. The van der Waals surface area contributed by atoms with Crippen LogP contribution in [0.3, 0.4) is 0 Å². The first-order chi connectivity index (χ1) is 12.1. The van der Waals surface area contributed by atoms with Gasteiger partial charge in [-0.3, -0.25) is 14.6 Å². The molecule has 0 radical (unpaired) electrons. The summed E-state index contributed by atoms with van der Waals surface area (Å²) >= 11 is 0. The number of piperidine rings is 1. The number of aryl methyl sites for hydroxylation is 1. The fourth-order valence-electron chi connectivity index (χ4n) is 2.78. The van der Waals surface area contributed by atoms with Gasteiger partial charge in [0.25, 0.3) is 5.56 Å². The van der Waals surface area contributed by atoms with Gasteiger partial charge in [-0.05, 0) is 18.9 Å². The SMILES string of the molecule is O=C(CCn1ccc(=O)[nH]c1=O)N1CCC[C@H](Oc2cccnn2)C1. The smallest absolute Gasteiger partial charge is 0.328 e. The summed E-state index contributed by atoms with van der Waals surface area (Å²) < 4.78 is 7.08. The third kappa shape index (κ3) is 4.52. The molecule has 3 rings (SSSR count). The summed E-state index contributed by atoms with van der Waals surface area (Å²) in [5, 5.41) is 7.66. The van der Waals surface area contributed by atoms with Gasteiger partial charge in [0.05, 0.1) is 6.54 Å². The fourth-order valence-corrected chi connectivity index (χ4v) is 2.78. The number of hydrogen-bond donors (Lipinski definition) is 1. The van der Waals surface area contributed by atoms with Crippen molar-refractivity contribution in [3.05, 3.63) is 51.4 Å². The lowest BCUT2D eigenvalue weighted by Crippen LogP contribution is -2.45. The molecule has 3 heterocycles. The van der Waals surface area contributed by atoms with E-state index in [-0.39, 0.29) is 25.0 Å². The van der Waals surface area contributed by atoms with Crippen LogP contribution in [0.5, 0.6) is 5.88 Å². The number of nitrogens with zero attached hydrogens (tertiary/aromatic N) is 4. The first-order valence-corrected chi connectivity index (χ1v) is 8.14. The van der Waals surface area contributed by atoms with Crippen LogP contribution in [-0.2, 0) is 11.3 Å². The highest BCUT2D eigenvalue weighted by molar-refractivity contribution is 5.76. The van der Waals surface area contributed by atoms with E-state index in [0.717, 1.165) is 12.8 Å². The third-order valence-electron chi connectivity index (χ3n) is 4.03. The highest BCUT2D eigenvalue weighted by atomic mass is 16.5. The quantitative estimate of drug-likeness (QED) is 0.803. The fraction of sp³-hybridized carbons (Fsp3) is 0.438. The van der Waals surface area contributed by atoms with E-state index in [9.17, 15) is 14.4 Å². The van der Waals surface area contributed by atoms with Gasteiger partial charge in [-0.15, -0.1) is 5.10 Å².